The molecule has 0 unspecified atom stereocenters. The molecular formula is C15H21ClN6O2S. The summed E-state index contributed by atoms with van der Waals surface area (Å²) in [5.74, 6) is 0.839. The van der Waals surface area contributed by atoms with Crippen molar-refractivity contribution in [3.05, 3.63) is 23.1 Å². The lowest BCUT2D eigenvalue weighted by atomic mass is 10.0. The Kier molecular flexibility index (Phi) is 4.14. The van der Waals surface area contributed by atoms with Crippen LogP contribution in [0.1, 0.15) is 31.2 Å². The molecule has 3 heterocycles. The average Bonchev–Trinajstić information content (AvgIpc) is 3.33. The Morgan fingerprint density at radius 3 is 2.48 bits per heavy atom. The van der Waals surface area contributed by atoms with Crippen LogP contribution >= 0.6 is 11.6 Å². The number of aryl methyl sites for hydroxylation is 1. The third-order valence-electron chi connectivity index (χ3n) is 5.01. The Labute approximate surface area is 151 Å². The molecule has 25 heavy (non-hydrogen) atoms. The number of hydrogen-bond acceptors (Lipinski definition) is 5. The number of piperidine rings is 1. The van der Waals surface area contributed by atoms with Crippen molar-refractivity contribution in [2.24, 2.45) is 5.14 Å². The molecule has 1 aliphatic heterocycles. The first-order chi connectivity index (χ1) is 11.9. The van der Waals surface area contributed by atoms with Gasteiger partial charge in [-0.25, -0.2) is 14.6 Å². The van der Waals surface area contributed by atoms with Gasteiger partial charge in [-0.2, -0.15) is 17.8 Å². The molecule has 2 aliphatic rings. The Morgan fingerprint density at radius 2 is 1.88 bits per heavy atom. The van der Waals surface area contributed by atoms with Crippen LogP contribution in [-0.2, 0) is 10.2 Å². The fourth-order valence-corrected chi connectivity index (χ4v) is 5.31. The highest BCUT2D eigenvalue weighted by Crippen LogP contribution is 2.35. The maximum Gasteiger partial charge on any atom is 0.277 e. The van der Waals surface area contributed by atoms with E-state index in [0.717, 1.165) is 55.7 Å². The van der Waals surface area contributed by atoms with E-state index < -0.39 is 10.2 Å². The van der Waals surface area contributed by atoms with Gasteiger partial charge in [-0.1, -0.05) is 11.6 Å². The molecular weight excluding hydrogens is 364 g/mol. The Bertz CT molecular complexity index is 902. The van der Waals surface area contributed by atoms with E-state index in [0.29, 0.717) is 5.15 Å². The number of nitrogens with zero attached hydrogens (tertiary/aromatic N) is 5. The number of hydrogen-bond donors (Lipinski definition) is 1. The molecule has 10 heteroatoms. The summed E-state index contributed by atoms with van der Waals surface area (Å²) < 4.78 is 27.1. The zero-order valence-electron chi connectivity index (χ0n) is 14.0. The predicted octanol–water partition coefficient (Wildman–Crippen LogP) is 1.33. The van der Waals surface area contributed by atoms with Gasteiger partial charge in [0.25, 0.3) is 10.2 Å². The molecule has 0 atom stereocenters. The molecule has 2 N–H and O–H groups in total. The molecule has 0 bridgehead atoms. The standard InChI is InChI=1S/C15H21ClN6O2S/c1-10-8-13(16)21-14(10)15(18-9-19-21)20-6-4-12(5-7-20)22(11-2-3-11)25(17,23)24/h8-9,11-12H,2-7H2,1H3,(H2,17,23,24). The van der Waals surface area contributed by atoms with E-state index >= 15 is 0 Å². The highest BCUT2D eigenvalue weighted by Gasteiger charge is 2.41. The van der Waals surface area contributed by atoms with Crippen molar-refractivity contribution in [2.45, 2.75) is 44.7 Å². The molecule has 0 aromatic carbocycles. The Morgan fingerprint density at radius 1 is 1.24 bits per heavy atom. The van der Waals surface area contributed by atoms with Crippen molar-refractivity contribution in [1.82, 2.24) is 18.9 Å². The molecule has 8 nitrogen and oxygen atoms in total. The van der Waals surface area contributed by atoms with Gasteiger partial charge in [0.2, 0.25) is 0 Å². The van der Waals surface area contributed by atoms with Crippen LogP contribution in [0.25, 0.3) is 5.52 Å². The average molecular weight is 385 g/mol. The van der Waals surface area contributed by atoms with E-state index in [-0.39, 0.29) is 12.1 Å². The van der Waals surface area contributed by atoms with E-state index in [1.807, 2.05) is 13.0 Å². The van der Waals surface area contributed by atoms with Gasteiger partial charge in [0.15, 0.2) is 5.82 Å². The maximum atomic E-state index is 11.9. The Hall–Kier alpha value is -1.42. The van der Waals surface area contributed by atoms with Crippen molar-refractivity contribution in [3.63, 3.8) is 0 Å². The first kappa shape index (κ1) is 17.0. The second-order valence-electron chi connectivity index (χ2n) is 6.82. The van der Waals surface area contributed by atoms with Crippen LogP contribution < -0.4 is 10.0 Å². The number of anilines is 1. The van der Waals surface area contributed by atoms with Gasteiger partial charge in [0, 0.05) is 25.2 Å². The predicted molar refractivity (Wildman–Crippen MR) is 95.9 cm³/mol. The lowest BCUT2D eigenvalue weighted by molar-refractivity contribution is 0.267. The maximum absolute atomic E-state index is 11.9. The molecule has 4 rings (SSSR count). The van der Waals surface area contributed by atoms with Crippen LogP contribution in [0.4, 0.5) is 5.82 Å². The molecule has 2 aromatic rings. The minimum atomic E-state index is -3.65. The summed E-state index contributed by atoms with van der Waals surface area (Å²) in [6, 6.07) is 1.93. The third kappa shape index (κ3) is 3.10. The minimum Gasteiger partial charge on any atom is -0.355 e. The molecule has 0 amide bonds. The SMILES string of the molecule is Cc1cc(Cl)n2ncnc(N3CCC(N(C4CC4)S(N)(=O)=O)CC3)c12. The fraction of sp³-hybridized carbons (Fsp3) is 0.600. The van der Waals surface area contributed by atoms with Crippen molar-refractivity contribution >= 4 is 33.1 Å². The van der Waals surface area contributed by atoms with Crippen molar-refractivity contribution in [3.8, 4) is 0 Å². The first-order valence-electron chi connectivity index (χ1n) is 8.41. The molecule has 0 radical (unpaired) electrons. The largest absolute Gasteiger partial charge is 0.355 e. The first-order valence-corrected chi connectivity index (χ1v) is 10.3. The summed E-state index contributed by atoms with van der Waals surface area (Å²) in [5.41, 5.74) is 1.92. The molecule has 1 saturated heterocycles. The van der Waals surface area contributed by atoms with Crippen LogP contribution in [0, 0.1) is 6.92 Å². The number of rotatable bonds is 4. The van der Waals surface area contributed by atoms with Gasteiger partial charge in [0.1, 0.15) is 17.0 Å². The zero-order valence-corrected chi connectivity index (χ0v) is 15.5. The summed E-state index contributed by atoms with van der Waals surface area (Å²) in [6.07, 6.45) is 4.78. The van der Waals surface area contributed by atoms with E-state index in [4.69, 9.17) is 16.7 Å². The van der Waals surface area contributed by atoms with Gasteiger partial charge >= 0.3 is 0 Å². The molecule has 2 aromatic heterocycles. The van der Waals surface area contributed by atoms with Gasteiger partial charge in [-0.05, 0) is 44.2 Å². The van der Waals surface area contributed by atoms with Gasteiger partial charge in [-0.3, -0.25) is 0 Å². The van der Waals surface area contributed by atoms with Crippen LogP contribution in [0.3, 0.4) is 0 Å². The second-order valence-corrected chi connectivity index (χ2v) is 8.66. The van der Waals surface area contributed by atoms with Crippen molar-refractivity contribution in [1.29, 1.82) is 0 Å². The lowest BCUT2D eigenvalue weighted by Gasteiger charge is -2.37. The quantitative estimate of drug-likeness (QED) is 0.857. The van der Waals surface area contributed by atoms with Crippen LogP contribution in [-0.4, -0.2) is 52.5 Å². The molecule has 1 aliphatic carbocycles. The van der Waals surface area contributed by atoms with Crippen molar-refractivity contribution < 1.29 is 8.42 Å². The zero-order chi connectivity index (χ0) is 17.8. The Balaban J connectivity index is 1.57. The molecule has 0 spiro atoms. The monoisotopic (exact) mass is 384 g/mol. The van der Waals surface area contributed by atoms with Gasteiger partial charge in [-0.15, -0.1) is 0 Å². The van der Waals surface area contributed by atoms with Crippen molar-refractivity contribution in [2.75, 3.05) is 18.0 Å². The van der Waals surface area contributed by atoms with Crippen LogP contribution in [0.2, 0.25) is 5.15 Å². The third-order valence-corrected chi connectivity index (χ3v) is 6.46. The number of aromatic nitrogens is 3. The number of nitrogens with two attached hydrogens (primary N) is 1. The van der Waals surface area contributed by atoms with E-state index in [1.165, 1.54) is 10.6 Å². The topological polar surface area (TPSA) is 96.8 Å². The fourth-order valence-electron chi connectivity index (χ4n) is 3.77. The highest BCUT2D eigenvalue weighted by molar-refractivity contribution is 7.86. The van der Waals surface area contributed by atoms with Crippen LogP contribution in [0.5, 0.6) is 0 Å². The normalized spacial score (nSPS) is 19.9. The van der Waals surface area contributed by atoms with Crippen LogP contribution in [0.15, 0.2) is 12.4 Å². The smallest absolute Gasteiger partial charge is 0.277 e. The summed E-state index contributed by atoms with van der Waals surface area (Å²) in [7, 11) is -3.65. The summed E-state index contributed by atoms with van der Waals surface area (Å²) >= 11 is 6.21. The summed E-state index contributed by atoms with van der Waals surface area (Å²) in [5, 5.41) is 10.2. The second kappa shape index (κ2) is 6.08. The molecule has 2 fully saturated rings. The molecule has 1 saturated carbocycles. The molecule has 136 valence electrons. The minimum absolute atomic E-state index is 0.0342. The number of fused-ring (bicyclic) bond motifs is 1. The summed E-state index contributed by atoms with van der Waals surface area (Å²) in [6.45, 7) is 3.42. The van der Waals surface area contributed by atoms with Gasteiger partial charge in [0.05, 0.1) is 0 Å². The number of halogens is 1. The summed E-state index contributed by atoms with van der Waals surface area (Å²) in [4.78, 5) is 6.62. The van der Waals surface area contributed by atoms with E-state index in [1.54, 1.807) is 4.52 Å². The van der Waals surface area contributed by atoms with Gasteiger partial charge < -0.3 is 4.90 Å². The highest BCUT2D eigenvalue weighted by atomic mass is 35.5. The lowest BCUT2D eigenvalue weighted by Crippen LogP contribution is -2.50. The van der Waals surface area contributed by atoms with E-state index in [9.17, 15) is 8.42 Å². The van der Waals surface area contributed by atoms with E-state index in [2.05, 4.69) is 15.0 Å².